The summed E-state index contributed by atoms with van der Waals surface area (Å²) in [5, 5.41) is 19.7. The third kappa shape index (κ3) is 6.99. The molecule has 5 N–H and O–H groups in total. The monoisotopic (exact) mass is 370 g/mol. The van der Waals surface area contributed by atoms with Gasteiger partial charge in [-0.1, -0.05) is 13.8 Å². The van der Waals surface area contributed by atoms with Gasteiger partial charge in [-0.15, -0.1) is 0 Å². The molecule has 1 saturated heterocycles. The van der Waals surface area contributed by atoms with E-state index >= 15 is 0 Å². The molecule has 1 rings (SSSR count). The molecule has 26 heavy (non-hydrogen) atoms. The Morgan fingerprint density at radius 1 is 1.08 bits per heavy atom. The zero-order valence-electron chi connectivity index (χ0n) is 15.8. The zero-order valence-corrected chi connectivity index (χ0v) is 15.8. The van der Waals surface area contributed by atoms with Gasteiger partial charge in [0.05, 0.1) is 6.61 Å². The number of hydrogen-bond donors (Lipinski definition) is 5. The third-order valence-corrected chi connectivity index (χ3v) is 3.90. The fraction of sp³-hybridized carbons (Fsp3) is 0.765. The first kappa shape index (κ1) is 21.9. The van der Waals surface area contributed by atoms with Crippen LogP contribution >= 0.6 is 0 Å². The van der Waals surface area contributed by atoms with Crippen molar-refractivity contribution in [3.63, 3.8) is 0 Å². The molecule has 0 aromatic carbocycles. The fourth-order valence-corrected chi connectivity index (χ4v) is 2.64. The maximum atomic E-state index is 12.4. The Bertz CT molecular complexity index is 535. The van der Waals surface area contributed by atoms with Gasteiger partial charge in [-0.05, 0) is 32.6 Å². The van der Waals surface area contributed by atoms with Crippen molar-refractivity contribution in [2.45, 2.75) is 71.1 Å². The van der Waals surface area contributed by atoms with Crippen LogP contribution in [-0.2, 0) is 19.2 Å². The first-order valence-corrected chi connectivity index (χ1v) is 8.95. The molecule has 0 aromatic rings. The molecule has 4 amide bonds. The Morgan fingerprint density at radius 2 is 1.69 bits per heavy atom. The molecule has 0 saturated carbocycles. The predicted octanol–water partition coefficient (Wildman–Crippen LogP) is -1.20. The van der Waals surface area contributed by atoms with Gasteiger partial charge in [-0.3, -0.25) is 19.2 Å². The highest BCUT2D eigenvalue weighted by Gasteiger charge is 2.31. The van der Waals surface area contributed by atoms with E-state index in [0.717, 1.165) is 0 Å². The SMILES string of the molecule is CC(C)C[C@H](NC(=O)[C@H](CO)NC(=O)[C@@H]1CCC(=O)N1)C(=O)NC(C)C. The Balaban J connectivity index is 2.69. The molecule has 1 heterocycles. The van der Waals surface area contributed by atoms with Gasteiger partial charge < -0.3 is 26.4 Å². The van der Waals surface area contributed by atoms with E-state index in [4.69, 9.17) is 0 Å². The number of rotatable bonds is 9. The first-order valence-electron chi connectivity index (χ1n) is 8.95. The Kier molecular flexibility index (Phi) is 8.50. The molecule has 0 aromatic heterocycles. The second kappa shape index (κ2) is 10.1. The van der Waals surface area contributed by atoms with Crippen molar-refractivity contribution in [2.24, 2.45) is 5.92 Å². The number of nitrogens with one attached hydrogen (secondary N) is 4. The van der Waals surface area contributed by atoms with Crippen LogP contribution in [0.25, 0.3) is 0 Å². The summed E-state index contributed by atoms with van der Waals surface area (Å²) in [7, 11) is 0. The van der Waals surface area contributed by atoms with E-state index in [-0.39, 0.29) is 30.2 Å². The van der Waals surface area contributed by atoms with Crippen LogP contribution in [0.15, 0.2) is 0 Å². The lowest BCUT2D eigenvalue weighted by Gasteiger charge is -2.24. The molecule has 0 spiro atoms. The summed E-state index contributed by atoms with van der Waals surface area (Å²) in [5.74, 6) is -1.55. The summed E-state index contributed by atoms with van der Waals surface area (Å²) >= 11 is 0. The third-order valence-electron chi connectivity index (χ3n) is 3.90. The van der Waals surface area contributed by atoms with Gasteiger partial charge in [0.1, 0.15) is 18.1 Å². The molecular formula is C17H30N4O5. The van der Waals surface area contributed by atoms with Crippen LogP contribution in [0.5, 0.6) is 0 Å². The van der Waals surface area contributed by atoms with Crippen LogP contribution in [0, 0.1) is 5.92 Å². The van der Waals surface area contributed by atoms with Crippen molar-refractivity contribution in [3.8, 4) is 0 Å². The molecule has 9 heteroatoms. The van der Waals surface area contributed by atoms with Crippen molar-refractivity contribution in [1.82, 2.24) is 21.3 Å². The van der Waals surface area contributed by atoms with Crippen molar-refractivity contribution in [3.05, 3.63) is 0 Å². The van der Waals surface area contributed by atoms with E-state index in [1.54, 1.807) is 0 Å². The second-order valence-electron chi connectivity index (χ2n) is 7.26. The molecule has 148 valence electrons. The average Bonchev–Trinajstić information content (AvgIpc) is 2.97. The minimum Gasteiger partial charge on any atom is -0.394 e. The second-order valence-corrected chi connectivity index (χ2v) is 7.26. The fourth-order valence-electron chi connectivity index (χ4n) is 2.64. The highest BCUT2D eigenvalue weighted by molar-refractivity contribution is 5.95. The van der Waals surface area contributed by atoms with Crippen molar-refractivity contribution in [1.29, 1.82) is 0 Å². The van der Waals surface area contributed by atoms with Crippen LogP contribution in [-0.4, -0.2) is 59.5 Å². The summed E-state index contributed by atoms with van der Waals surface area (Å²) < 4.78 is 0. The van der Waals surface area contributed by atoms with Gasteiger partial charge in [-0.2, -0.15) is 0 Å². The van der Waals surface area contributed by atoms with E-state index in [0.29, 0.717) is 12.8 Å². The molecule has 0 unspecified atom stereocenters. The molecule has 3 atom stereocenters. The standard InChI is InChI=1S/C17H30N4O5/c1-9(2)7-12(16(25)18-10(3)4)20-17(26)13(8-22)21-15(24)11-5-6-14(23)19-11/h9-13,22H,5-8H2,1-4H3,(H,18,25)(H,19,23)(H,20,26)(H,21,24)/t11-,12-,13-/m0/s1. The highest BCUT2D eigenvalue weighted by atomic mass is 16.3. The van der Waals surface area contributed by atoms with Gasteiger partial charge in [-0.25, -0.2) is 0 Å². The summed E-state index contributed by atoms with van der Waals surface area (Å²) in [4.78, 5) is 48.0. The van der Waals surface area contributed by atoms with E-state index in [1.807, 2.05) is 27.7 Å². The Hall–Kier alpha value is -2.16. The number of hydrogen-bond acceptors (Lipinski definition) is 5. The normalized spacial score (nSPS) is 19.0. The van der Waals surface area contributed by atoms with Crippen molar-refractivity contribution < 1.29 is 24.3 Å². The first-order chi connectivity index (χ1) is 12.1. The van der Waals surface area contributed by atoms with Crippen LogP contribution in [0.1, 0.15) is 47.0 Å². The largest absolute Gasteiger partial charge is 0.394 e. The maximum absolute atomic E-state index is 12.4. The van der Waals surface area contributed by atoms with Crippen molar-refractivity contribution >= 4 is 23.6 Å². The van der Waals surface area contributed by atoms with Crippen LogP contribution in [0.3, 0.4) is 0 Å². The van der Waals surface area contributed by atoms with Crippen LogP contribution < -0.4 is 21.3 Å². The molecule has 1 aliphatic rings. The van der Waals surface area contributed by atoms with E-state index in [9.17, 15) is 24.3 Å². The lowest BCUT2D eigenvalue weighted by atomic mass is 10.0. The zero-order chi connectivity index (χ0) is 19.9. The van der Waals surface area contributed by atoms with Gasteiger partial charge >= 0.3 is 0 Å². The number of carbonyl (C=O) groups excluding carboxylic acids is 4. The molecular weight excluding hydrogens is 340 g/mol. The van der Waals surface area contributed by atoms with Gasteiger partial charge in [0, 0.05) is 12.5 Å². The van der Waals surface area contributed by atoms with Crippen molar-refractivity contribution in [2.75, 3.05) is 6.61 Å². The summed E-state index contributed by atoms with van der Waals surface area (Å²) in [6, 6.07) is -2.74. The number of aliphatic hydroxyl groups is 1. The maximum Gasteiger partial charge on any atom is 0.245 e. The topological polar surface area (TPSA) is 137 Å². The van der Waals surface area contributed by atoms with E-state index < -0.39 is 36.5 Å². The number of aliphatic hydroxyl groups excluding tert-OH is 1. The Labute approximate surface area is 153 Å². The summed E-state index contributed by atoms with van der Waals surface area (Å²) in [6.07, 6.45) is 1.02. The minimum absolute atomic E-state index is 0.0756. The predicted molar refractivity (Wildman–Crippen MR) is 94.8 cm³/mol. The lowest BCUT2D eigenvalue weighted by Crippen LogP contribution is -2.57. The van der Waals surface area contributed by atoms with E-state index in [2.05, 4.69) is 21.3 Å². The van der Waals surface area contributed by atoms with Crippen LogP contribution in [0.4, 0.5) is 0 Å². The van der Waals surface area contributed by atoms with Crippen LogP contribution in [0.2, 0.25) is 0 Å². The quantitative estimate of drug-likeness (QED) is 0.347. The van der Waals surface area contributed by atoms with Gasteiger partial charge in [0.2, 0.25) is 23.6 Å². The lowest BCUT2D eigenvalue weighted by molar-refractivity contribution is -0.134. The Morgan fingerprint density at radius 3 is 2.15 bits per heavy atom. The molecule has 0 radical (unpaired) electrons. The number of amides is 4. The van der Waals surface area contributed by atoms with E-state index in [1.165, 1.54) is 0 Å². The van der Waals surface area contributed by atoms with Gasteiger partial charge in [0.15, 0.2) is 0 Å². The summed E-state index contributed by atoms with van der Waals surface area (Å²) in [6.45, 7) is 6.88. The summed E-state index contributed by atoms with van der Waals surface area (Å²) in [5.41, 5.74) is 0. The molecule has 0 aliphatic carbocycles. The number of carbonyl (C=O) groups is 4. The minimum atomic E-state index is -1.19. The molecule has 0 bridgehead atoms. The molecule has 9 nitrogen and oxygen atoms in total. The smallest absolute Gasteiger partial charge is 0.245 e. The molecule has 1 fully saturated rings. The highest BCUT2D eigenvalue weighted by Crippen LogP contribution is 2.08. The van der Waals surface area contributed by atoms with Gasteiger partial charge in [0.25, 0.3) is 0 Å². The molecule has 1 aliphatic heterocycles. The average molecular weight is 370 g/mol.